The largest absolute Gasteiger partial charge is 0.480 e. The molecule has 2 aliphatic rings. The molecule has 0 aliphatic carbocycles. The summed E-state index contributed by atoms with van der Waals surface area (Å²) in [7, 11) is 2.56. The summed E-state index contributed by atoms with van der Waals surface area (Å²) < 4.78 is -0.622. The molecule has 0 saturated carbocycles. The minimum absolute atomic E-state index is 0.0197. The summed E-state index contributed by atoms with van der Waals surface area (Å²) in [6.07, 6.45) is 0. The number of thiazole rings is 1. The van der Waals surface area contributed by atoms with Gasteiger partial charge in [0, 0.05) is 24.2 Å². The van der Waals surface area contributed by atoms with Gasteiger partial charge in [0.15, 0.2) is 16.0 Å². The predicted molar refractivity (Wildman–Crippen MR) is 131 cm³/mol. The summed E-state index contributed by atoms with van der Waals surface area (Å²) >= 11 is 3.06. The van der Waals surface area contributed by atoms with Crippen LogP contribution in [0.3, 0.4) is 0 Å². The number of amides is 2. The number of carbonyl (C=O) groups excluding carboxylic acids is 2. The van der Waals surface area contributed by atoms with Crippen molar-refractivity contribution in [1.29, 1.82) is 0 Å². The van der Waals surface area contributed by atoms with Crippen molar-refractivity contribution >= 4 is 63.5 Å². The van der Waals surface area contributed by atoms with Crippen LogP contribution in [0.2, 0.25) is 0 Å². The smallest absolute Gasteiger partial charge is 0.330 e. The number of aromatic amines is 1. The molecule has 2 aliphatic heterocycles. The molecular weight excluding hydrogens is 536 g/mol. The van der Waals surface area contributed by atoms with Gasteiger partial charge in [0.25, 0.3) is 5.91 Å². The van der Waals surface area contributed by atoms with E-state index in [1.807, 2.05) is 0 Å². The third kappa shape index (κ3) is 4.24. The van der Waals surface area contributed by atoms with E-state index in [2.05, 4.69) is 25.7 Å². The topological polar surface area (TPSA) is 215 Å². The molecule has 2 amide bonds. The number of fused-ring (bicyclic) bond motifs is 1. The van der Waals surface area contributed by atoms with Gasteiger partial charge in [0.05, 0.1) is 0 Å². The van der Waals surface area contributed by atoms with Crippen molar-refractivity contribution < 1.29 is 24.3 Å². The normalized spacial score (nSPS) is 25.6. The van der Waals surface area contributed by atoms with Gasteiger partial charge in [-0.25, -0.2) is 10.1 Å². The maximum atomic E-state index is 13.0. The minimum Gasteiger partial charge on any atom is -0.480 e. The molecule has 4 heterocycles. The van der Waals surface area contributed by atoms with Gasteiger partial charge >= 0.3 is 17.1 Å². The number of rotatable bonds is 7. The number of carbonyl (C=O) groups is 3. The van der Waals surface area contributed by atoms with Crippen LogP contribution in [-0.4, -0.2) is 88.3 Å². The number of anilines is 1. The van der Waals surface area contributed by atoms with Crippen molar-refractivity contribution in [2.45, 2.75) is 33.5 Å². The number of nitrogen functional groups attached to an aromatic ring is 1. The molecule has 2 aromatic rings. The molecule has 0 bridgehead atoms. The highest BCUT2D eigenvalue weighted by Crippen LogP contribution is 2.50. The zero-order valence-electron chi connectivity index (χ0n) is 19.0. The van der Waals surface area contributed by atoms with Crippen molar-refractivity contribution in [2.24, 2.45) is 12.2 Å². The first kappa shape index (κ1) is 25.7. The van der Waals surface area contributed by atoms with Gasteiger partial charge in [0.1, 0.15) is 29.0 Å². The summed E-state index contributed by atoms with van der Waals surface area (Å²) in [6.45, 7) is 1.46. The standard InChI is InChI=1S/C18H20N8O7S3/c1-6-18(15(31)32,36-17-23-22-11(28)13(30)25(17)2)5-26-12(29)9(14(26)35-6)21-10(27)8(24-33-3)7-4-34-16(19)20-7/h4,6,9,14H,5H2,1-3H3,(H2,19,20)(H,21,27)(H,22,28)(H,31,32)/t6?,9?,14-,18?/m1/s1. The second-order valence-electron chi connectivity index (χ2n) is 7.78. The summed E-state index contributed by atoms with van der Waals surface area (Å²) in [5.74, 6) is -2.41. The molecular formula is C18H20N8O7S3. The molecule has 0 spiro atoms. The van der Waals surface area contributed by atoms with Crippen LogP contribution in [0.4, 0.5) is 5.13 Å². The Labute approximate surface area is 214 Å². The molecule has 0 radical (unpaired) electrons. The number of thioether (sulfide) groups is 2. The number of nitrogens with zero attached hydrogens (tertiary/aromatic N) is 5. The molecule has 18 heteroatoms. The number of aromatic nitrogens is 4. The van der Waals surface area contributed by atoms with E-state index in [0.29, 0.717) is 0 Å². The average Bonchev–Trinajstić information content (AvgIpc) is 3.27. The molecule has 192 valence electrons. The fourth-order valence-corrected chi connectivity index (χ4v) is 7.13. The molecule has 36 heavy (non-hydrogen) atoms. The van der Waals surface area contributed by atoms with E-state index in [1.54, 1.807) is 6.92 Å². The van der Waals surface area contributed by atoms with Crippen LogP contribution in [0.5, 0.6) is 0 Å². The van der Waals surface area contributed by atoms with Crippen LogP contribution < -0.4 is 22.2 Å². The summed E-state index contributed by atoms with van der Waals surface area (Å²) in [5.41, 5.74) is 3.83. The Morgan fingerprint density at radius 1 is 1.42 bits per heavy atom. The number of carboxylic acids is 1. The first-order valence-electron chi connectivity index (χ1n) is 10.2. The van der Waals surface area contributed by atoms with Crippen LogP contribution in [0, 0.1) is 0 Å². The summed E-state index contributed by atoms with van der Waals surface area (Å²) in [6, 6.07) is -0.935. The highest BCUT2D eigenvalue weighted by atomic mass is 32.2. The molecule has 4 rings (SSSR count). The maximum absolute atomic E-state index is 13.0. The van der Waals surface area contributed by atoms with Crippen LogP contribution in [0.1, 0.15) is 12.6 Å². The van der Waals surface area contributed by atoms with Crippen LogP contribution in [0.15, 0.2) is 25.3 Å². The third-order valence-corrected chi connectivity index (χ3v) is 9.68. The molecule has 2 fully saturated rings. The van der Waals surface area contributed by atoms with Crippen LogP contribution in [0.25, 0.3) is 0 Å². The van der Waals surface area contributed by atoms with E-state index < -0.39 is 50.3 Å². The Kier molecular flexibility index (Phi) is 6.84. The molecule has 0 aromatic carbocycles. The lowest BCUT2D eigenvalue weighted by Gasteiger charge is -2.55. The Hall–Kier alpha value is -3.38. The van der Waals surface area contributed by atoms with Gasteiger partial charge in [0.2, 0.25) is 5.91 Å². The lowest BCUT2D eigenvalue weighted by molar-refractivity contribution is -0.152. The molecule has 2 saturated heterocycles. The van der Waals surface area contributed by atoms with E-state index in [1.165, 1.54) is 36.2 Å². The summed E-state index contributed by atoms with van der Waals surface area (Å²) in [4.78, 5) is 71.9. The summed E-state index contributed by atoms with van der Waals surface area (Å²) in [5, 5.41) is 22.9. The SMILES string of the molecule is CON=C(C(=O)NC1C(=O)N2CC(Sc3n[nH]c(=O)c(=O)n3C)(C(=O)O)C(C)S[C@H]12)c1csc(N)n1. The Bertz CT molecular complexity index is 1390. The number of nitrogens with one attached hydrogen (secondary N) is 2. The highest BCUT2D eigenvalue weighted by molar-refractivity contribution is 8.05. The van der Waals surface area contributed by atoms with Gasteiger partial charge in [-0.05, 0) is 0 Å². The number of oxime groups is 1. The number of H-pyrrole nitrogens is 1. The number of nitrogens with two attached hydrogens (primary N) is 1. The predicted octanol–water partition coefficient (Wildman–Crippen LogP) is -1.74. The third-order valence-electron chi connectivity index (χ3n) is 5.67. The minimum atomic E-state index is -1.58. The monoisotopic (exact) mass is 556 g/mol. The van der Waals surface area contributed by atoms with Crippen molar-refractivity contribution in [3.05, 3.63) is 31.8 Å². The first-order valence-corrected chi connectivity index (χ1v) is 12.8. The number of hydrogen-bond acceptors (Lipinski definition) is 13. The van der Waals surface area contributed by atoms with Crippen molar-refractivity contribution in [3.63, 3.8) is 0 Å². The number of hydrogen-bond donors (Lipinski definition) is 4. The van der Waals surface area contributed by atoms with Crippen molar-refractivity contribution in [3.8, 4) is 0 Å². The van der Waals surface area contributed by atoms with Gasteiger partial charge in [-0.3, -0.25) is 28.5 Å². The van der Waals surface area contributed by atoms with E-state index >= 15 is 0 Å². The highest BCUT2D eigenvalue weighted by Gasteiger charge is 2.61. The zero-order chi connectivity index (χ0) is 26.4. The second kappa shape index (κ2) is 9.58. The van der Waals surface area contributed by atoms with E-state index in [-0.39, 0.29) is 28.2 Å². The lowest BCUT2D eigenvalue weighted by atomic mass is 9.98. The van der Waals surface area contributed by atoms with E-state index in [0.717, 1.165) is 27.7 Å². The van der Waals surface area contributed by atoms with Gasteiger partial charge in [-0.15, -0.1) is 28.2 Å². The lowest BCUT2D eigenvalue weighted by Crippen LogP contribution is -2.76. The Morgan fingerprint density at radius 2 is 2.14 bits per heavy atom. The van der Waals surface area contributed by atoms with Gasteiger partial charge in [-0.1, -0.05) is 23.8 Å². The molecule has 4 atom stereocenters. The molecule has 5 N–H and O–H groups in total. The zero-order valence-corrected chi connectivity index (χ0v) is 21.4. The number of aliphatic carboxylic acids is 1. The molecule has 2 aromatic heterocycles. The maximum Gasteiger partial charge on any atom is 0.330 e. The van der Waals surface area contributed by atoms with E-state index in [4.69, 9.17) is 10.6 Å². The van der Waals surface area contributed by atoms with Crippen LogP contribution in [-0.2, 0) is 26.3 Å². The average molecular weight is 557 g/mol. The molecule has 15 nitrogen and oxygen atoms in total. The second-order valence-corrected chi connectivity index (χ2v) is 11.4. The Morgan fingerprint density at radius 3 is 2.75 bits per heavy atom. The van der Waals surface area contributed by atoms with Crippen LogP contribution >= 0.6 is 34.9 Å². The van der Waals surface area contributed by atoms with Crippen molar-refractivity contribution in [1.82, 2.24) is 30.0 Å². The quantitative estimate of drug-likeness (QED) is 0.129. The van der Waals surface area contributed by atoms with Gasteiger partial charge < -0.3 is 25.9 Å². The first-order chi connectivity index (χ1) is 17.0. The number of β-lactam (4-membered cyclic amide) rings is 1. The van der Waals surface area contributed by atoms with Gasteiger partial charge in [-0.2, -0.15) is 0 Å². The van der Waals surface area contributed by atoms with E-state index in [9.17, 15) is 29.1 Å². The Balaban J connectivity index is 1.55. The fourth-order valence-electron chi connectivity index (χ4n) is 3.69. The molecule has 3 unspecified atom stereocenters. The number of carboxylic acid groups (broad SMARTS) is 1. The fraction of sp³-hybridized carbons (Fsp3) is 0.444. The van der Waals surface area contributed by atoms with Crippen molar-refractivity contribution in [2.75, 3.05) is 19.4 Å².